The zero-order valence-corrected chi connectivity index (χ0v) is 17.2. The molecule has 0 fully saturated rings. The fraction of sp³-hybridized carbons (Fsp3) is 0.263. The number of para-hydroxylation sites is 1. The number of imidazole rings is 1. The van der Waals surface area contributed by atoms with Crippen molar-refractivity contribution in [1.29, 1.82) is 0 Å². The highest BCUT2D eigenvalue weighted by molar-refractivity contribution is 7.89. The second-order valence-corrected chi connectivity index (χ2v) is 9.51. The molecule has 2 aromatic heterocycles. The normalized spacial score (nSPS) is 12.2. The van der Waals surface area contributed by atoms with E-state index in [9.17, 15) is 13.2 Å². The van der Waals surface area contributed by atoms with Crippen LogP contribution < -0.4 is 10.4 Å². The summed E-state index contributed by atoms with van der Waals surface area (Å²) in [6.45, 7) is 0.323. The largest absolute Gasteiger partial charge is 0.328 e. The van der Waals surface area contributed by atoms with Crippen molar-refractivity contribution >= 4 is 42.6 Å². The van der Waals surface area contributed by atoms with Crippen LogP contribution in [-0.4, -0.2) is 29.1 Å². The molecular formula is C19H20N4O3S2. The molecule has 28 heavy (non-hydrogen) atoms. The minimum absolute atomic E-state index is 0.154. The average molecular weight is 417 g/mol. The van der Waals surface area contributed by atoms with Gasteiger partial charge in [0.25, 0.3) is 0 Å². The summed E-state index contributed by atoms with van der Waals surface area (Å²) >= 11 is 1.64. The van der Waals surface area contributed by atoms with Gasteiger partial charge in [0, 0.05) is 27.1 Å². The van der Waals surface area contributed by atoms with Crippen LogP contribution in [0.2, 0.25) is 0 Å². The topological polar surface area (TPSA) is 86.0 Å². The Morgan fingerprint density at radius 2 is 1.82 bits per heavy atom. The van der Waals surface area contributed by atoms with Gasteiger partial charge >= 0.3 is 5.69 Å². The van der Waals surface area contributed by atoms with Crippen LogP contribution in [0.15, 0.2) is 52.2 Å². The van der Waals surface area contributed by atoms with Crippen molar-refractivity contribution in [3.8, 4) is 0 Å². The molecule has 0 saturated heterocycles. The number of nitrogens with zero attached hydrogens (tertiary/aromatic N) is 3. The number of aryl methyl sites for hydroxylation is 3. The number of aromatic nitrogens is 3. The third kappa shape index (κ3) is 3.36. The van der Waals surface area contributed by atoms with Crippen molar-refractivity contribution in [3.63, 3.8) is 0 Å². The number of benzene rings is 2. The number of hydrogen-bond acceptors (Lipinski definition) is 5. The predicted octanol–water partition coefficient (Wildman–Crippen LogP) is 2.40. The Morgan fingerprint density at radius 3 is 2.61 bits per heavy atom. The molecule has 9 heteroatoms. The van der Waals surface area contributed by atoms with Gasteiger partial charge in [0.15, 0.2) is 0 Å². The number of nitrogens with one attached hydrogen (secondary N) is 1. The Hall–Kier alpha value is -2.49. The molecule has 0 aliphatic heterocycles. The molecule has 4 rings (SSSR count). The van der Waals surface area contributed by atoms with Gasteiger partial charge in [-0.3, -0.25) is 9.13 Å². The third-order valence-electron chi connectivity index (χ3n) is 4.75. The lowest BCUT2D eigenvalue weighted by molar-refractivity contribution is 0.579. The molecule has 1 N–H and O–H groups in total. The molecule has 0 atom stereocenters. The van der Waals surface area contributed by atoms with Crippen molar-refractivity contribution in [2.45, 2.75) is 17.7 Å². The summed E-state index contributed by atoms with van der Waals surface area (Å²) in [5.74, 6) is 0. The SMILES string of the molecule is Cn1c(=O)n(C)c2cc(S(=O)(=O)NCCCc3nc4ccccc4s3)ccc21. The Labute approximate surface area is 166 Å². The highest BCUT2D eigenvalue weighted by atomic mass is 32.2. The number of sulfonamides is 1. The summed E-state index contributed by atoms with van der Waals surface area (Å²) in [7, 11) is -0.346. The summed E-state index contributed by atoms with van der Waals surface area (Å²) < 4.78 is 31.9. The first-order valence-electron chi connectivity index (χ1n) is 8.86. The Balaban J connectivity index is 1.44. The van der Waals surface area contributed by atoms with E-state index in [4.69, 9.17) is 0 Å². The van der Waals surface area contributed by atoms with Gasteiger partial charge in [0.2, 0.25) is 10.0 Å². The molecule has 0 radical (unpaired) electrons. The predicted molar refractivity (Wildman–Crippen MR) is 111 cm³/mol. The van der Waals surface area contributed by atoms with Crippen LogP contribution in [0, 0.1) is 0 Å². The summed E-state index contributed by atoms with van der Waals surface area (Å²) in [4.78, 5) is 16.7. The molecule has 4 aromatic rings. The molecule has 146 valence electrons. The molecule has 0 amide bonds. The van der Waals surface area contributed by atoms with E-state index in [0.29, 0.717) is 30.4 Å². The maximum absolute atomic E-state index is 12.6. The number of thiazole rings is 1. The lowest BCUT2D eigenvalue weighted by Gasteiger charge is -2.07. The van der Waals surface area contributed by atoms with Gasteiger partial charge in [-0.25, -0.2) is 22.9 Å². The first-order valence-corrected chi connectivity index (χ1v) is 11.2. The van der Waals surface area contributed by atoms with E-state index in [2.05, 4.69) is 9.71 Å². The smallest absolute Gasteiger partial charge is 0.295 e. The molecular weight excluding hydrogens is 396 g/mol. The lowest BCUT2D eigenvalue weighted by Crippen LogP contribution is -2.25. The van der Waals surface area contributed by atoms with Gasteiger partial charge in [0.1, 0.15) is 0 Å². The summed E-state index contributed by atoms with van der Waals surface area (Å²) in [6.07, 6.45) is 1.37. The summed E-state index contributed by atoms with van der Waals surface area (Å²) in [6, 6.07) is 12.7. The van der Waals surface area contributed by atoms with Gasteiger partial charge in [-0.1, -0.05) is 12.1 Å². The van der Waals surface area contributed by atoms with Gasteiger partial charge in [-0.15, -0.1) is 11.3 Å². The highest BCUT2D eigenvalue weighted by Crippen LogP contribution is 2.22. The van der Waals surface area contributed by atoms with E-state index in [1.165, 1.54) is 21.3 Å². The molecule has 0 saturated carbocycles. The minimum Gasteiger partial charge on any atom is -0.295 e. The molecule has 0 spiro atoms. The van der Waals surface area contributed by atoms with E-state index >= 15 is 0 Å². The maximum Gasteiger partial charge on any atom is 0.328 e. The van der Waals surface area contributed by atoms with Crippen LogP contribution >= 0.6 is 11.3 Å². The van der Waals surface area contributed by atoms with Crippen LogP contribution in [0.4, 0.5) is 0 Å². The standard InChI is InChI=1S/C19H20N4O3S2/c1-22-15-10-9-13(12-16(15)23(2)19(22)24)28(25,26)20-11-5-8-18-21-14-6-3-4-7-17(14)27-18/h3-4,6-7,9-10,12,20H,5,8,11H2,1-2H3. The minimum atomic E-state index is -3.64. The van der Waals surface area contributed by atoms with E-state index < -0.39 is 10.0 Å². The Bertz CT molecular complexity index is 1300. The van der Waals surface area contributed by atoms with E-state index in [1.807, 2.05) is 24.3 Å². The van der Waals surface area contributed by atoms with Gasteiger partial charge < -0.3 is 0 Å². The van der Waals surface area contributed by atoms with Crippen LogP contribution in [-0.2, 0) is 30.5 Å². The van der Waals surface area contributed by atoms with Gasteiger partial charge in [0.05, 0.1) is 31.2 Å². The second-order valence-electron chi connectivity index (χ2n) is 6.63. The molecule has 0 bridgehead atoms. The van der Waals surface area contributed by atoms with E-state index in [0.717, 1.165) is 15.2 Å². The van der Waals surface area contributed by atoms with Crippen molar-refractivity contribution < 1.29 is 8.42 Å². The highest BCUT2D eigenvalue weighted by Gasteiger charge is 2.17. The van der Waals surface area contributed by atoms with Crippen LogP contribution in [0.5, 0.6) is 0 Å². The zero-order valence-electron chi connectivity index (χ0n) is 15.5. The molecule has 2 heterocycles. The Morgan fingerprint density at radius 1 is 1.07 bits per heavy atom. The Kier molecular flexibility index (Phi) is 4.82. The van der Waals surface area contributed by atoms with E-state index in [-0.39, 0.29) is 10.6 Å². The first kappa shape index (κ1) is 18.9. The molecule has 7 nitrogen and oxygen atoms in total. The first-order chi connectivity index (χ1) is 13.4. The molecule has 2 aromatic carbocycles. The molecule has 0 aliphatic carbocycles. The van der Waals surface area contributed by atoms with Gasteiger partial charge in [-0.05, 0) is 36.8 Å². The average Bonchev–Trinajstić information content (AvgIpc) is 3.20. The maximum atomic E-state index is 12.6. The number of hydrogen-bond donors (Lipinski definition) is 1. The van der Waals surface area contributed by atoms with Crippen LogP contribution in [0.3, 0.4) is 0 Å². The van der Waals surface area contributed by atoms with Crippen molar-refractivity contribution in [2.24, 2.45) is 14.1 Å². The van der Waals surface area contributed by atoms with Gasteiger partial charge in [-0.2, -0.15) is 0 Å². The van der Waals surface area contributed by atoms with Crippen molar-refractivity contribution in [2.75, 3.05) is 6.54 Å². The summed E-state index contributed by atoms with van der Waals surface area (Å²) in [5, 5.41) is 1.00. The van der Waals surface area contributed by atoms with Crippen LogP contribution in [0.25, 0.3) is 21.3 Å². The number of rotatable bonds is 6. The molecule has 0 unspecified atom stereocenters. The lowest BCUT2D eigenvalue weighted by atomic mass is 10.3. The quantitative estimate of drug-likeness (QED) is 0.489. The zero-order chi connectivity index (χ0) is 19.9. The van der Waals surface area contributed by atoms with E-state index in [1.54, 1.807) is 31.5 Å². The fourth-order valence-corrected chi connectivity index (χ4v) is 5.31. The monoisotopic (exact) mass is 416 g/mol. The van der Waals surface area contributed by atoms with Crippen molar-refractivity contribution in [1.82, 2.24) is 18.8 Å². The van der Waals surface area contributed by atoms with Crippen LogP contribution in [0.1, 0.15) is 11.4 Å². The molecule has 0 aliphatic rings. The van der Waals surface area contributed by atoms with Crippen molar-refractivity contribution in [3.05, 3.63) is 58.0 Å². The summed E-state index contributed by atoms with van der Waals surface area (Å²) in [5.41, 5.74) is 2.07. The third-order valence-corrected chi connectivity index (χ3v) is 7.31. The fourth-order valence-electron chi connectivity index (χ4n) is 3.21. The second kappa shape index (κ2) is 7.16. The number of fused-ring (bicyclic) bond motifs is 2.